The number of carbonyl (C=O) groups is 1. The third kappa shape index (κ3) is 4.60. The number of benzene rings is 1. The third-order valence-electron chi connectivity index (χ3n) is 5.83. The summed E-state index contributed by atoms with van der Waals surface area (Å²) in [6.07, 6.45) is 4.63. The molecule has 4 rings (SSSR count). The Hall–Kier alpha value is -1.69. The Kier molecular flexibility index (Phi) is 6.22. The third-order valence-corrected chi connectivity index (χ3v) is 6.52. The Morgan fingerprint density at radius 3 is 2.63 bits per heavy atom. The number of hydrogen-bond acceptors (Lipinski definition) is 4. The largest absolute Gasteiger partial charge is 0.375 e. The van der Waals surface area contributed by atoms with Gasteiger partial charge in [0, 0.05) is 30.6 Å². The molecule has 0 aliphatic carbocycles. The number of carbonyl (C=O) groups excluding carboxylic acids is 1. The fraction of sp³-hybridized carbons (Fsp3) is 0.500. The van der Waals surface area contributed by atoms with Gasteiger partial charge in [-0.1, -0.05) is 30.3 Å². The van der Waals surface area contributed by atoms with Crippen LogP contribution in [0.25, 0.3) is 0 Å². The van der Waals surface area contributed by atoms with Gasteiger partial charge in [-0.25, -0.2) is 0 Å². The zero-order chi connectivity index (χ0) is 18.5. The molecule has 144 valence electrons. The van der Waals surface area contributed by atoms with E-state index in [0.29, 0.717) is 18.7 Å². The highest BCUT2D eigenvalue weighted by Crippen LogP contribution is 2.27. The fourth-order valence-corrected chi connectivity index (χ4v) is 5.00. The smallest absolute Gasteiger partial charge is 0.254 e. The molecule has 1 unspecified atom stereocenters. The van der Waals surface area contributed by atoms with Gasteiger partial charge in [-0.3, -0.25) is 9.69 Å². The van der Waals surface area contributed by atoms with Crippen molar-refractivity contribution in [3.8, 4) is 0 Å². The molecule has 1 atom stereocenters. The minimum atomic E-state index is 0.193. The minimum Gasteiger partial charge on any atom is -0.375 e. The van der Waals surface area contributed by atoms with Crippen LogP contribution in [0.1, 0.15) is 41.6 Å². The van der Waals surface area contributed by atoms with E-state index in [1.807, 2.05) is 27.8 Å². The number of thiophene rings is 1. The Labute approximate surface area is 165 Å². The number of hydrogen-bond donors (Lipinski definition) is 0. The lowest BCUT2D eigenvalue weighted by Crippen LogP contribution is -2.49. The predicted octanol–water partition coefficient (Wildman–Crippen LogP) is 4.03. The second kappa shape index (κ2) is 9.00. The molecule has 5 heteroatoms. The topological polar surface area (TPSA) is 32.8 Å². The van der Waals surface area contributed by atoms with Crippen LogP contribution in [-0.4, -0.2) is 54.0 Å². The summed E-state index contributed by atoms with van der Waals surface area (Å²) in [6.45, 7) is 4.41. The minimum absolute atomic E-state index is 0.193. The molecule has 2 aliphatic heterocycles. The molecule has 2 aliphatic rings. The monoisotopic (exact) mass is 384 g/mol. The van der Waals surface area contributed by atoms with E-state index >= 15 is 0 Å². The molecular weight excluding hydrogens is 356 g/mol. The summed E-state index contributed by atoms with van der Waals surface area (Å²) in [4.78, 5) is 17.2. The first-order valence-electron chi connectivity index (χ1n) is 10.00. The average molecular weight is 385 g/mol. The van der Waals surface area contributed by atoms with Crippen LogP contribution in [0.5, 0.6) is 0 Å². The zero-order valence-electron chi connectivity index (χ0n) is 15.8. The van der Waals surface area contributed by atoms with Crippen LogP contribution < -0.4 is 0 Å². The first kappa shape index (κ1) is 18.7. The summed E-state index contributed by atoms with van der Waals surface area (Å²) in [7, 11) is 0. The van der Waals surface area contributed by atoms with E-state index in [0.717, 1.165) is 38.1 Å². The first-order valence-corrected chi connectivity index (χ1v) is 10.9. The molecular formula is C22H28N2O2S. The molecule has 0 bridgehead atoms. The highest BCUT2D eigenvalue weighted by Gasteiger charge is 2.34. The lowest BCUT2D eigenvalue weighted by Gasteiger charge is -2.39. The maximum atomic E-state index is 12.5. The number of rotatable bonds is 6. The van der Waals surface area contributed by atoms with Gasteiger partial charge in [0.25, 0.3) is 5.91 Å². The number of ether oxygens (including phenoxy) is 1. The summed E-state index contributed by atoms with van der Waals surface area (Å²) in [5.74, 6) is 0.193. The number of piperidine rings is 1. The highest BCUT2D eigenvalue weighted by molar-refractivity contribution is 7.08. The Bertz CT molecular complexity index is 711. The van der Waals surface area contributed by atoms with Gasteiger partial charge < -0.3 is 9.64 Å². The lowest BCUT2D eigenvalue weighted by atomic mass is 10.0. The summed E-state index contributed by atoms with van der Waals surface area (Å²) < 4.78 is 6.03. The van der Waals surface area contributed by atoms with Crippen molar-refractivity contribution >= 4 is 17.2 Å². The van der Waals surface area contributed by atoms with Gasteiger partial charge in [-0.15, -0.1) is 0 Å². The Morgan fingerprint density at radius 1 is 1.07 bits per heavy atom. The van der Waals surface area contributed by atoms with Crippen molar-refractivity contribution in [3.05, 3.63) is 58.3 Å². The van der Waals surface area contributed by atoms with Crippen LogP contribution in [0.2, 0.25) is 0 Å². The summed E-state index contributed by atoms with van der Waals surface area (Å²) in [5, 5.41) is 3.93. The van der Waals surface area contributed by atoms with Crippen LogP contribution in [0, 0.1) is 0 Å². The number of amides is 1. The van der Waals surface area contributed by atoms with E-state index in [4.69, 9.17) is 4.74 Å². The molecule has 1 aromatic heterocycles. The Balaban J connectivity index is 1.25. The zero-order valence-corrected chi connectivity index (χ0v) is 16.6. The standard InChI is InChI=1S/C22H28N2O2S/c25-22(19-10-14-27-17-19)23-12-8-20(9-13-23)24-11-4-7-21(24)16-26-15-18-5-2-1-3-6-18/h1-3,5-6,10,14,17,20-21H,4,7-9,11-13,15-16H2. The number of nitrogens with zero attached hydrogens (tertiary/aromatic N) is 2. The summed E-state index contributed by atoms with van der Waals surface area (Å²) in [5.41, 5.74) is 2.08. The maximum absolute atomic E-state index is 12.5. The van der Waals surface area contributed by atoms with E-state index in [1.165, 1.54) is 24.9 Å². The van der Waals surface area contributed by atoms with Crippen LogP contribution in [0.4, 0.5) is 0 Å². The molecule has 4 nitrogen and oxygen atoms in total. The normalized spacial score (nSPS) is 21.6. The lowest BCUT2D eigenvalue weighted by molar-refractivity contribution is 0.0314. The van der Waals surface area contributed by atoms with Gasteiger partial charge in [0.15, 0.2) is 0 Å². The highest BCUT2D eigenvalue weighted by atomic mass is 32.1. The Morgan fingerprint density at radius 2 is 1.89 bits per heavy atom. The molecule has 1 aromatic carbocycles. The van der Waals surface area contributed by atoms with E-state index in [9.17, 15) is 4.79 Å². The molecule has 2 fully saturated rings. The fourth-order valence-electron chi connectivity index (χ4n) is 4.37. The summed E-state index contributed by atoms with van der Waals surface area (Å²) in [6, 6.07) is 13.4. The van der Waals surface area contributed by atoms with Crippen LogP contribution in [0.3, 0.4) is 0 Å². The van der Waals surface area contributed by atoms with Gasteiger partial charge in [0.05, 0.1) is 18.8 Å². The van der Waals surface area contributed by atoms with E-state index < -0.39 is 0 Å². The number of likely N-dealkylation sites (tertiary alicyclic amines) is 2. The SMILES string of the molecule is O=C(c1ccsc1)N1CCC(N2CCCC2COCc2ccccc2)CC1. The van der Waals surface area contributed by atoms with Gasteiger partial charge in [0.1, 0.15) is 0 Å². The predicted molar refractivity (Wildman–Crippen MR) is 109 cm³/mol. The maximum Gasteiger partial charge on any atom is 0.254 e. The molecule has 0 spiro atoms. The van der Waals surface area contributed by atoms with Crippen LogP contribution in [-0.2, 0) is 11.3 Å². The van der Waals surface area contributed by atoms with Crippen molar-refractivity contribution in [2.45, 2.75) is 44.4 Å². The van der Waals surface area contributed by atoms with Crippen molar-refractivity contribution in [1.29, 1.82) is 0 Å². The van der Waals surface area contributed by atoms with Crippen LogP contribution in [0.15, 0.2) is 47.2 Å². The van der Waals surface area contributed by atoms with E-state index in [-0.39, 0.29) is 5.91 Å². The quantitative estimate of drug-likeness (QED) is 0.754. The second-order valence-corrected chi connectivity index (χ2v) is 8.35. The van der Waals surface area contributed by atoms with Crippen LogP contribution >= 0.6 is 11.3 Å². The first-order chi connectivity index (χ1) is 13.3. The average Bonchev–Trinajstić information content (AvgIpc) is 3.41. The van der Waals surface area contributed by atoms with Gasteiger partial charge in [-0.2, -0.15) is 11.3 Å². The van der Waals surface area contributed by atoms with Crippen molar-refractivity contribution in [3.63, 3.8) is 0 Å². The molecule has 2 aromatic rings. The van der Waals surface area contributed by atoms with Gasteiger partial charge >= 0.3 is 0 Å². The molecule has 1 amide bonds. The molecule has 0 radical (unpaired) electrons. The second-order valence-electron chi connectivity index (χ2n) is 7.57. The van der Waals surface area contributed by atoms with E-state index in [1.54, 1.807) is 11.3 Å². The summed E-state index contributed by atoms with van der Waals surface area (Å²) >= 11 is 1.59. The molecule has 2 saturated heterocycles. The molecule has 27 heavy (non-hydrogen) atoms. The molecule has 0 saturated carbocycles. The van der Waals surface area contributed by atoms with Crippen molar-refractivity contribution in [2.75, 3.05) is 26.2 Å². The van der Waals surface area contributed by atoms with Gasteiger partial charge in [0.2, 0.25) is 0 Å². The van der Waals surface area contributed by atoms with Crippen molar-refractivity contribution in [2.24, 2.45) is 0 Å². The van der Waals surface area contributed by atoms with Crippen molar-refractivity contribution < 1.29 is 9.53 Å². The molecule has 0 N–H and O–H groups in total. The molecule has 3 heterocycles. The van der Waals surface area contributed by atoms with Crippen molar-refractivity contribution in [1.82, 2.24) is 9.80 Å². The van der Waals surface area contributed by atoms with Gasteiger partial charge in [-0.05, 0) is 49.2 Å². The van der Waals surface area contributed by atoms with E-state index in [2.05, 4.69) is 29.2 Å².